The van der Waals surface area contributed by atoms with Gasteiger partial charge in [0.15, 0.2) is 5.56 Å². The minimum absolute atomic E-state index is 0.135. The molecule has 1 unspecified atom stereocenters. The van der Waals surface area contributed by atoms with Crippen molar-refractivity contribution in [1.82, 2.24) is 0 Å². The van der Waals surface area contributed by atoms with Gasteiger partial charge in [0.05, 0.1) is 0 Å². The molecule has 20 heavy (non-hydrogen) atoms. The van der Waals surface area contributed by atoms with E-state index < -0.39 is 5.56 Å². The quantitative estimate of drug-likeness (QED) is 0.217. The van der Waals surface area contributed by atoms with E-state index >= 15 is 0 Å². The molecule has 0 aliphatic rings. The van der Waals surface area contributed by atoms with Crippen molar-refractivity contribution < 1.29 is 9.53 Å². The molecule has 0 spiro atoms. The van der Waals surface area contributed by atoms with Crippen LogP contribution in [0.3, 0.4) is 0 Å². The Morgan fingerprint density at radius 3 is 1.90 bits per heavy atom. The molecule has 0 rings (SSSR count). The maximum absolute atomic E-state index is 11.5. The van der Waals surface area contributed by atoms with Crippen molar-refractivity contribution in [2.45, 2.75) is 103 Å². The number of carbonyl (C=O) groups is 1. The van der Waals surface area contributed by atoms with E-state index in [-0.39, 0.29) is 5.97 Å². The van der Waals surface area contributed by atoms with E-state index in [9.17, 15) is 4.79 Å². The van der Waals surface area contributed by atoms with Gasteiger partial charge in [-0.05, 0) is 19.3 Å². The van der Waals surface area contributed by atoms with Gasteiger partial charge in [0.1, 0.15) is 0 Å². The molecule has 0 N–H and O–H groups in total. The number of hydrogen-bond donors (Lipinski definition) is 0. The second-order valence-corrected chi connectivity index (χ2v) is 6.11. The Morgan fingerprint density at radius 2 is 1.35 bits per heavy atom. The minimum Gasteiger partial charge on any atom is -0.446 e. The van der Waals surface area contributed by atoms with Crippen molar-refractivity contribution in [2.75, 3.05) is 0 Å². The fourth-order valence-corrected chi connectivity index (χ4v) is 2.46. The second kappa shape index (κ2) is 15.2. The van der Waals surface area contributed by atoms with Crippen LogP contribution in [0, 0.1) is 0 Å². The standard InChI is InChI=1S/C17H33ClO2/c1-3-5-7-8-9-10-11-12-13-15-17(19)20-16(18)14-6-4-2/h16H,3-15H2,1-2H3. The number of unbranched alkanes of at least 4 members (excludes halogenated alkanes) is 9. The summed E-state index contributed by atoms with van der Waals surface area (Å²) in [6.45, 7) is 4.35. The first-order chi connectivity index (χ1) is 9.70. The summed E-state index contributed by atoms with van der Waals surface area (Å²) in [6, 6.07) is 0. The fraction of sp³-hybridized carbons (Fsp3) is 0.941. The lowest BCUT2D eigenvalue weighted by Gasteiger charge is -2.10. The van der Waals surface area contributed by atoms with Crippen LogP contribution in [0.15, 0.2) is 0 Å². The largest absolute Gasteiger partial charge is 0.446 e. The molecule has 0 aliphatic heterocycles. The van der Waals surface area contributed by atoms with Crippen LogP contribution in [-0.4, -0.2) is 11.5 Å². The van der Waals surface area contributed by atoms with Gasteiger partial charge in [-0.3, -0.25) is 4.79 Å². The van der Waals surface area contributed by atoms with Gasteiger partial charge in [-0.1, -0.05) is 83.2 Å². The first kappa shape index (κ1) is 19.8. The number of carbonyl (C=O) groups excluding carboxylic acids is 1. The first-order valence-corrected chi connectivity index (χ1v) is 8.97. The lowest BCUT2D eigenvalue weighted by Crippen LogP contribution is -2.12. The van der Waals surface area contributed by atoms with Gasteiger partial charge in [-0.15, -0.1) is 0 Å². The maximum atomic E-state index is 11.5. The zero-order chi connectivity index (χ0) is 15.1. The number of ether oxygens (including phenoxy) is 1. The van der Waals surface area contributed by atoms with Gasteiger partial charge >= 0.3 is 5.97 Å². The highest BCUT2D eigenvalue weighted by Gasteiger charge is 2.10. The zero-order valence-electron chi connectivity index (χ0n) is 13.5. The molecule has 0 aromatic heterocycles. The van der Waals surface area contributed by atoms with Crippen molar-refractivity contribution in [1.29, 1.82) is 0 Å². The van der Waals surface area contributed by atoms with E-state index in [0.29, 0.717) is 6.42 Å². The van der Waals surface area contributed by atoms with E-state index in [2.05, 4.69) is 13.8 Å². The SMILES string of the molecule is CCCCCCCCCCCC(=O)OC(Cl)CCCC. The normalized spacial score (nSPS) is 12.3. The van der Waals surface area contributed by atoms with Gasteiger partial charge in [0.25, 0.3) is 0 Å². The molecule has 120 valence electrons. The van der Waals surface area contributed by atoms with E-state index in [4.69, 9.17) is 16.3 Å². The molecule has 0 saturated carbocycles. The van der Waals surface area contributed by atoms with Crippen LogP contribution in [0.5, 0.6) is 0 Å². The Balaban J connectivity index is 3.26. The van der Waals surface area contributed by atoms with Crippen LogP contribution in [0.1, 0.15) is 97.3 Å². The highest BCUT2D eigenvalue weighted by molar-refractivity contribution is 6.20. The summed E-state index contributed by atoms with van der Waals surface area (Å²) in [5.41, 5.74) is -0.430. The Labute approximate surface area is 130 Å². The fourth-order valence-electron chi connectivity index (χ4n) is 2.21. The van der Waals surface area contributed by atoms with Crippen molar-refractivity contribution in [3.63, 3.8) is 0 Å². The number of alkyl halides is 1. The minimum atomic E-state index is -0.430. The molecule has 0 heterocycles. The molecule has 0 aliphatic carbocycles. The third-order valence-electron chi connectivity index (χ3n) is 3.53. The highest BCUT2D eigenvalue weighted by atomic mass is 35.5. The monoisotopic (exact) mass is 304 g/mol. The smallest absolute Gasteiger partial charge is 0.307 e. The molecule has 0 bridgehead atoms. The van der Waals surface area contributed by atoms with Gasteiger partial charge < -0.3 is 4.74 Å². The molecule has 0 amide bonds. The van der Waals surface area contributed by atoms with E-state index in [0.717, 1.165) is 32.1 Å². The van der Waals surface area contributed by atoms with Gasteiger partial charge in [-0.2, -0.15) is 0 Å². The maximum Gasteiger partial charge on any atom is 0.307 e. The van der Waals surface area contributed by atoms with Crippen molar-refractivity contribution in [2.24, 2.45) is 0 Å². The van der Waals surface area contributed by atoms with E-state index in [1.54, 1.807) is 0 Å². The summed E-state index contributed by atoms with van der Waals surface area (Å²) >= 11 is 5.93. The number of rotatable bonds is 14. The Kier molecular flexibility index (Phi) is 15.0. The number of esters is 1. The van der Waals surface area contributed by atoms with E-state index in [1.165, 1.54) is 44.9 Å². The molecule has 0 saturated heterocycles. The molecule has 0 aromatic carbocycles. The van der Waals surface area contributed by atoms with Crippen LogP contribution in [0.25, 0.3) is 0 Å². The molecule has 0 radical (unpaired) electrons. The van der Waals surface area contributed by atoms with Crippen LogP contribution in [0.2, 0.25) is 0 Å². The first-order valence-electron chi connectivity index (χ1n) is 8.54. The predicted octanol–water partition coefficient (Wildman–Crippen LogP) is 6.21. The summed E-state index contributed by atoms with van der Waals surface area (Å²) in [7, 11) is 0. The summed E-state index contributed by atoms with van der Waals surface area (Å²) in [6.07, 6.45) is 14.7. The Morgan fingerprint density at radius 1 is 0.850 bits per heavy atom. The van der Waals surface area contributed by atoms with Crippen LogP contribution in [0.4, 0.5) is 0 Å². The van der Waals surface area contributed by atoms with Crippen molar-refractivity contribution >= 4 is 17.6 Å². The molecule has 0 aromatic rings. The summed E-state index contributed by atoms with van der Waals surface area (Å²) in [5.74, 6) is -0.135. The number of halogens is 1. The Bertz CT molecular complexity index is 219. The van der Waals surface area contributed by atoms with E-state index in [1.807, 2.05) is 0 Å². The van der Waals surface area contributed by atoms with Gasteiger partial charge in [0.2, 0.25) is 0 Å². The van der Waals surface area contributed by atoms with Gasteiger partial charge in [-0.25, -0.2) is 0 Å². The van der Waals surface area contributed by atoms with Crippen molar-refractivity contribution in [3.05, 3.63) is 0 Å². The highest BCUT2D eigenvalue weighted by Crippen LogP contribution is 2.13. The van der Waals surface area contributed by atoms with Crippen LogP contribution < -0.4 is 0 Å². The van der Waals surface area contributed by atoms with Crippen LogP contribution in [-0.2, 0) is 9.53 Å². The summed E-state index contributed by atoms with van der Waals surface area (Å²) in [5, 5.41) is 0. The molecular formula is C17H33ClO2. The molecular weight excluding hydrogens is 272 g/mol. The second-order valence-electron chi connectivity index (χ2n) is 5.62. The third-order valence-corrected chi connectivity index (χ3v) is 3.84. The van der Waals surface area contributed by atoms with Gasteiger partial charge in [0, 0.05) is 6.42 Å². The number of hydrogen-bond acceptors (Lipinski definition) is 2. The lowest BCUT2D eigenvalue weighted by molar-refractivity contribution is -0.145. The lowest BCUT2D eigenvalue weighted by atomic mass is 10.1. The average molecular weight is 305 g/mol. The average Bonchev–Trinajstić information content (AvgIpc) is 2.43. The Hall–Kier alpha value is -0.240. The molecule has 1 atom stereocenters. The summed E-state index contributed by atoms with van der Waals surface area (Å²) < 4.78 is 5.15. The predicted molar refractivity (Wildman–Crippen MR) is 87.1 cm³/mol. The summed E-state index contributed by atoms with van der Waals surface area (Å²) in [4.78, 5) is 11.5. The molecule has 2 nitrogen and oxygen atoms in total. The molecule has 3 heteroatoms. The van der Waals surface area contributed by atoms with Crippen molar-refractivity contribution in [3.8, 4) is 0 Å². The molecule has 0 fully saturated rings. The third kappa shape index (κ3) is 14.2. The topological polar surface area (TPSA) is 26.3 Å². The van der Waals surface area contributed by atoms with Crippen LogP contribution >= 0.6 is 11.6 Å². The zero-order valence-corrected chi connectivity index (χ0v) is 14.2.